The molecule has 0 aromatic heterocycles. The topological polar surface area (TPSA) is 46.5 Å². The second-order valence-electron chi connectivity index (χ2n) is 5.13. The normalized spacial score (nSPS) is 10.4. The monoisotopic (exact) mass is 318 g/mol. The van der Waals surface area contributed by atoms with Crippen molar-refractivity contribution in [2.45, 2.75) is 32.3 Å². The molecule has 0 spiro atoms. The minimum atomic E-state index is -0.189. The highest BCUT2D eigenvalue weighted by Gasteiger charge is 2.05. The lowest BCUT2D eigenvalue weighted by Crippen LogP contribution is -2.04. The predicted octanol–water partition coefficient (Wildman–Crippen LogP) is 4.50. The first-order valence-corrected chi connectivity index (χ1v) is 7.70. The maximum absolute atomic E-state index is 11.7. The van der Waals surface area contributed by atoms with Crippen molar-refractivity contribution < 1.29 is 14.6 Å². The van der Waals surface area contributed by atoms with Gasteiger partial charge in [0.15, 0.2) is 0 Å². The van der Waals surface area contributed by atoms with Crippen molar-refractivity contribution in [3.63, 3.8) is 0 Å². The van der Waals surface area contributed by atoms with Gasteiger partial charge in [-0.2, -0.15) is 0 Å². The van der Waals surface area contributed by atoms with E-state index in [1.54, 1.807) is 18.2 Å². The van der Waals surface area contributed by atoms with E-state index in [0.717, 1.165) is 30.4 Å². The van der Waals surface area contributed by atoms with E-state index in [1.165, 1.54) is 0 Å². The molecule has 0 radical (unpaired) electrons. The zero-order valence-electron chi connectivity index (χ0n) is 12.3. The highest BCUT2D eigenvalue weighted by atomic mass is 35.5. The second kappa shape index (κ2) is 8.44. The average Bonchev–Trinajstić information content (AvgIpc) is 2.53. The molecule has 0 saturated carbocycles. The van der Waals surface area contributed by atoms with Gasteiger partial charge in [0, 0.05) is 11.4 Å². The third-order valence-corrected chi connectivity index (χ3v) is 3.72. The van der Waals surface area contributed by atoms with E-state index in [0.29, 0.717) is 18.1 Å². The molecule has 3 nitrogen and oxygen atoms in total. The van der Waals surface area contributed by atoms with Crippen molar-refractivity contribution in [3.8, 4) is 5.75 Å². The standard InChI is InChI=1S/C18H19ClO3/c19-17-11-10-16(20)12-15(17)8-4-5-9-18(21)22-13-14-6-2-1-3-7-14/h1-3,6-7,10-12,20H,4-5,8-9,13H2. The molecule has 0 aliphatic carbocycles. The molecule has 0 unspecified atom stereocenters. The van der Waals surface area contributed by atoms with Gasteiger partial charge in [0.1, 0.15) is 12.4 Å². The van der Waals surface area contributed by atoms with Gasteiger partial charge in [-0.05, 0) is 48.6 Å². The Morgan fingerprint density at radius 1 is 1.09 bits per heavy atom. The Kier molecular flexibility index (Phi) is 6.28. The summed E-state index contributed by atoms with van der Waals surface area (Å²) in [5.74, 6) is 0.0209. The number of phenolic OH excluding ortho intramolecular Hbond substituents is 1. The van der Waals surface area contributed by atoms with Crippen LogP contribution in [-0.4, -0.2) is 11.1 Å². The average molecular weight is 319 g/mol. The zero-order valence-corrected chi connectivity index (χ0v) is 13.1. The molecule has 0 aliphatic rings. The van der Waals surface area contributed by atoms with Crippen molar-refractivity contribution in [1.82, 2.24) is 0 Å². The summed E-state index contributed by atoms with van der Waals surface area (Å²) in [6, 6.07) is 14.5. The van der Waals surface area contributed by atoms with Crippen molar-refractivity contribution >= 4 is 17.6 Å². The highest BCUT2D eigenvalue weighted by molar-refractivity contribution is 6.31. The van der Waals surface area contributed by atoms with Gasteiger partial charge < -0.3 is 9.84 Å². The number of benzene rings is 2. The highest BCUT2D eigenvalue weighted by Crippen LogP contribution is 2.23. The quantitative estimate of drug-likeness (QED) is 0.604. The molecular weight excluding hydrogens is 300 g/mol. The van der Waals surface area contributed by atoms with Gasteiger partial charge in [-0.25, -0.2) is 0 Å². The Morgan fingerprint density at radius 3 is 2.64 bits per heavy atom. The minimum absolute atomic E-state index is 0.189. The number of phenols is 1. The lowest BCUT2D eigenvalue weighted by molar-refractivity contribution is -0.145. The van der Waals surface area contributed by atoms with Gasteiger partial charge in [0.05, 0.1) is 0 Å². The molecule has 0 bridgehead atoms. The smallest absolute Gasteiger partial charge is 0.306 e. The Morgan fingerprint density at radius 2 is 1.86 bits per heavy atom. The fraction of sp³-hybridized carbons (Fsp3) is 0.278. The number of carbonyl (C=O) groups excluding carboxylic acids is 1. The number of aromatic hydroxyl groups is 1. The lowest BCUT2D eigenvalue weighted by atomic mass is 10.1. The largest absolute Gasteiger partial charge is 0.508 e. The van der Waals surface area contributed by atoms with Crippen LogP contribution in [0.15, 0.2) is 48.5 Å². The zero-order chi connectivity index (χ0) is 15.8. The van der Waals surface area contributed by atoms with Crippen LogP contribution in [0.5, 0.6) is 5.75 Å². The third-order valence-electron chi connectivity index (χ3n) is 3.35. The van der Waals surface area contributed by atoms with Gasteiger partial charge in [-0.3, -0.25) is 4.79 Å². The van der Waals surface area contributed by atoms with Crippen LogP contribution in [0.4, 0.5) is 0 Å². The van der Waals surface area contributed by atoms with Crippen LogP contribution in [0.1, 0.15) is 30.4 Å². The Balaban J connectivity index is 1.66. The lowest BCUT2D eigenvalue weighted by Gasteiger charge is -2.06. The number of esters is 1. The maximum atomic E-state index is 11.7. The van der Waals surface area contributed by atoms with Gasteiger partial charge in [0.2, 0.25) is 0 Å². The molecule has 0 aliphatic heterocycles. The molecule has 22 heavy (non-hydrogen) atoms. The molecule has 2 aromatic carbocycles. The van der Waals surface area contributed by atoms with Crippen LogP contribution in [-0.2, 0) is 22.6 Å². The molecule has 0 atom stereocenters. The number of aryl methyl sites for hydroxylation is 1. The van der Waals surface area contributed by atoms with Crippen LogP contribution in [0.2, 0.25) is 5.02 Å². The van der Waals surface area contributed by atoms with E-state index in [2.05, 4.69) is 0 Å². The molecule has 2 rings (SSSR count). The van der Waals surface area contributed by atoms with E-state index in [9.17, 15) is 9.90 Å². The fourth-order valence-electron chi connectivity index (χ4n) is 2.15. The van der Waals surface area contributed by atoms with Crippen LogP contribution in [0.3, 0.4) is 0 Å². The molecular formula is C18H19ClO3. The second-order valence-corrected chi connectivity index (χ2v) is 5.54. The Hall–Kier alpha value is -2.00. The van der Waals surface area contributed by atoms with Gasteiger partial charge in [-0.1, -0.05) is 41.9 Å². The summed E-state index contributed by atoms with van der Waals surface area (Å²) in [6.07, 6.45) is 2.69. The molecule has 0 fully saturated rings. The van der Waals surface area contributed by atoms with E-state index in [-0.39, 0.29) is 11.7 Å². The van der Waals surface area contributed by atoms with Crippen molar-refractivity contribution in [2.24, 2.45) is 0 Å². The van der Waals surface area contributed by atoms with Crippen LogP contribution >= 0.6 is 11.6 Å². The van der Waals surface area contributed by atoms with Crippen molar-refractivity contribution in [1.29, 1.82) is 0 Å². The SMILES string of the molecule is O=C(CCCCc1cc(O)ccc1Cl)OCc1ccccc1. The van der Waals surface area contributed by atoms with Crippen LogP contribution < -0.4 is 0 Å². The molecule has 1 N–H and O–H groups in total. The fourth-order valence-corrected chi connectivity index (χ4v) is 2.36. The van der Waals surface area contributed by atoms with E-state index in [4.69, 9.17) is 16.3 Å². The molecule has 4 heteroatoms. The van der Waals surface area contributed by atoms with E-state index < -0.39 is 0 Å². The number of unbranched alkanes of at least 4 members (excludes halogenated alkanes) is 1. The number of rotatable bonds is 7. The van der Waals surface area contributed by atoms with E-state index in [1.807, 2.05) is 30.3 Å². The van der Waals surface area contributed by atoms with Gasteiger partial charge in [-0.15, -0.1) is 0 Å². The first-order valence-electron chi connectivity index (χ1n) is 7.32. The molecule has 116 valence electrons. The number of hydrogen-bond donors (Lipinski definition) is 1. The maximum Gasteiger partial charge on any atom is 0.306 e. The summed E-state index contributed by atoms with van der Waals surface area (Å²) in [5.41, 5.74) is 1.89. The Labute approximate surface area is 135 Å². The first kappa shape index (κ1) is 16.4. The molecule has 2 aromatic rings. The molecule has 0 amide bonds. The summed E-state index contributed by atoms with van der Waals surface area (Å²) >= 11 is 6.05. The summed E-state index contributed by atoms with van der Waals surface area (Å²) in [6.45, 7) is 0.318. The van der Waals surface area contributed by atoms with Gasteiger partial charge in [0.25, 0.3) is 0 Å². The van der Waals surface area contributed by atoms with Crippen LogP contribution in [0, 0.1) is 0 Å². The summed E-state index contributed by atoms with van der Waals surface area (Å²) in [7, 11) is 0. The summed E-state index contributed by atoms with van der Waals surface area (Å²) in [4.78, 5) is 11.7. The molecule has 0 heterocycles. The van der Waals surface area contributed by atoms with Gasteiger partial charge >= 0.3 is 5.97 Å². The third kappa shape index (κ3) is 5.41. The van der Waals surface area contributed by atoms with Crippen molar-refractivity contribution in [3.05, 3.63) is 64.7 Å². The first-order chi connectivity index (χ1) is 10.6. The van der Waals surface area contributed by atoms with Crippen molar-refractivity contribution in [2.75, 3.05) is 0 Å². The summed E-state index contributed by atoms with van der Waals surface area (Å²) in [5, 5.41) is 10.1. The van der Waals surface area contributed by atoms with E-state index >= 15 is 0 Å². The summed E-state index contributed by atoms with van der Waals surface area (Å²) < 4.78 is 5.22. The minimum Gasteiger partial charge on any atom is -0.508 e. The number of halogens is 1. The van der Waals surface area contributed by atoms with Crippen LogP contribution in [0.25, 0.3) is 0 Å². The molecule has 0 saturated heterocycles. The number of hydrogen-bond acceptors (Lipinski definition) is 3. The number of carbonyl (C=O) groups is 1. The predicted molar refractivity (Wildman–Crippen MR) is 86.9 cm³/mol. The number of ether oxygens (including phenoxy) is 1. The Bertz CT molecular complexity index is 611.